The van der Waals surface area contributed by atoms with Crippen LogP contribution in [0, 0.1) is 58.2 Å². The number of hydrogen-bond acceptors (Lipinski definition) is 4. The lowest BCUT2D eigenvalue weighted by Gasteiger charge is -2.63. The Hall–Kier alpha value is -1.67. The Morgan fingerprint density at radius 3 is 2.76 bits per heavy atom. The summed E-state index contributed by atoms with van der Waals surface area (Å²) in [6.07, 6.45) is 16.1. The first kappa shape index (κ1) is 24.0. The van der Waals surface area contributed by atoms with E-state index < -0.39 is 5.60 Å². The molecule has 0 amide bonds. The van der Waals surface area contributed by atoms with Crippen molar-refractivity contribution in [3.63, 3.8) is 0 Å². The highest BCUT2D eigenvalue weighted by atomic mass is 16.3. The van der Waals surface area contributed by atoms with Crippen LogP contribution in [0.25, 0.3) is 0 Å². The number of rotatable bonds is 4. The van der Waals surface area contributed by atoms with Crippen LogP contribution in [0.3, 0.4) is 0 Å². The van der Waals surface area contributed by atoms with Crippen LogP contribution in [0.1, 0.15) is 97.0 Å². The highest BCUT2D eigenvalue weighted by molar-refractivity contribution is 5.81. The maximum Gasteiger partial charge on any atom is 0.157 e. The lowest BCUT2D eigenvalue weighted by Crippen LogP contribution is -2.57. The van der Waals surface area contributed by atoms with Crippen LogP contribution in [0.2, 0.25) is 0 Å². The van der Waals surface area contributed by atoms with Crippen molar-refractivity contribution in [1.82, 2.24) is 9.78 Å². The van der Waals surface area contributed by atoms with Gasteiger partial charge in [0, 0.05) is 12.1 Å². The Morgan fingerprint density at radius 1 is 1.24 bits per heavy atom. The molecular weight excluding hydrogens is 422 g/mol. The van der Waals surface area contributed by atoms with Gasteiger partial charge in [-0.1, -0.05) is 26.7 Å². The third-order valence-corrected chi connectivity index (χ3v) is 11.0. The van der Waals surface area contributed by atoms with E-state index in [0.29, 0.717) is 47.0 Å². The normalized spacial score (nSPS) is 44.1. The van der Waals surface area contributed by atoms with Crippen molar-refractivity contribution in [1.29, 1.82) is 5.26 Å². The molecule has 4 aliphatic carbocycles. The molecule has 0 aliphatic heterocycles. The highest BCUT2D eigenvalue weighted by Gasteiger charge is 2.59. The maximum absolute atomic E-state index is 13.6. The SMILES string of the molecule is CC[C@]12CC[C@@](C)(O)C[C@H]1CC[C@H]1[C@@H]3CCCC[C@H](C(=O)Cn4cc(C#N)cn4)[C@H]3[C@@H](C)C[C@@H]12. The Morgan fingerprint density at radius 2 is 2.03 bits per heavy atom. The molecule has 1 heterocycles. The molecule has 1 aromatic rings. The van der Waals surface area contributed by atoms with E-state index in [1.807, 2.05) is 0 Å². The minimum absolute atomic E-state index is 0.126. The molecule has 0 radical (unpaired) electrons. The van der Waals surface area contributed by atoms with Crippen molar-refractivity contribution in [3.8, 4) is 6.07 Å². The third kappa shape index (κ3) is 4.04. The molecule has 5 heteroatoms. The largest absolute Gasteiger partial charge is 0.390 e. The van der Waals surface area contributed by atoms with Crippen molar-refractivity contribution in [2.24, 2.45) is 46.8 Å². The monoisotopic (exact) mass is 465 g/mol. The van der Waals surface area contributed by atoms with E-state index in [2.05, 4.69) is 31.9 Å². The zero-order valence-electron chi connectivity index (χ0n) is 21.4. The van der Waals surface area contributed by atoms with Gasteiger partial charge in [0.25, 0.3) is 0 Å². The van der Waals surface area contributed by atoms with E-state index in [1.165, 1.54) is 44.9 Å². The van der Waals surface area contributed by atoms with Crippen LogP contribution >= 0.6 is 0 Å². The first-order valence-electron chi connectivity index (χ1n) is 14.0. The topological polar surface area (TPSA) is 78.9 Å². The summed E-state index contributed by atoms with van der Waals surface area (Å²) in [5, 5.41) is 24.3. The molecule has 0 unspecified atom stereocenters. The molecule has 0 bridgehead atoms. The summed E-state index contributed by atoms with van der Waals surface area (Å²) in [5.74, 6) is 4.30. The van der Waals surface area contributed by atoms with Crippen LogP contribution in [0.15, 0.2) is 12.4 Å². The summed E-state index contributed by atoms with van der Waals surface area (Å²) < 4.78 is 1.67. The minimum atomic E-state index is -0.489. The molecule has 186 valence electrons. The average Bonchev–Trinajstić information content (AvgIpc) is 3.13. The van der Waals surface area contributed by atoms with Crippen LogP contribution in [-0.2, 0) is 11.3 Å². The third-order valence-electron chi connectivity index (χ3n) is 11.0. The quantitative estimate of drug-likeness (QED) is 0.613. The number of ketones is 1. The predicted molar refractivity (Wildman–Crippen MR) is 132 cm³/mol. The van der Waals surface area contributed by atoms with Crippen molar-refractivity contribution in [2.75, 3.05) is 0 Å². The van der Waals surface area contributed by atoms with E-state index >= 15 is 0 Å². The van der Waals surface area contributed by atoms with Crippen molar-refractivity contribution < 1.29 is 9.90 Å². The number of aliphatic hydroxyl groups is 1. The Kier molecular flexibility index (Phi) is 6.42. The standard InChI is InChI=1S/C29H43N3O2/c1-4-29-12-11-28(3,34)14-21(29)9-10-22-23-7-5-6-8-24(27(23)19(2)13-25(22)29)26(33)18-32-17-20(15-30)16-31-32/h16-17,19,21-25,27,34H,4-14,18H2,1-3H3/t19-,21+,22-,23-,24+,25-,27-,28+,29-/m0/s1. The molecule has 4 aliphatic rings. The van der Waals surface area contributed by atoms with Gasteiger partial charge in [0.2, 0.25) is 0 Å². The number of fused-ring (bicyclic) bond motifs is 5. The van der Waals surface area contributed by atoms with Crippen molar-refractivity contribution in [3.05, 3.63) is 18.0 Å². The van der Waals surface area contributed by atoms with E-state index in [1.54, 1.807) is 17.1 Å². The zero-order valence-corrected chi connectivity index (χ0v) is 21.4. The number of nitriles is 1. The molecule has 0 aromatic carbocycles. The second-order valence-electron chi connectivity index (χ2n) is 12.7. The van der Waals surface area contributed by atoms with E-state index in [9.17, 15) is 9.90 Å². The fraction of sp³-hybridized carbons (Fsp3) is 0.828. The summed E-state index contributed by atoms with van der Waals surface area (Å²) >= 11 is 0. The molecule has 1 aromatic heterocycles. The fourth-order valence-electron chi connectivity index (χ4n) is 9.55. The number of carbonyl (C=O) groups is 1. The molecule has 5 rings (SSSR count). The zero-order chi connectivity index (χ0) is 24.1. The maximum atomic E-state index is 13.6. The number of Topliss-reactive ketones (excluding diaryl/α,β-unsaturated/α-hetero) is 1. The molecule has 34 heavy (non-hydrogen) atoms. The summed E-state index contributed by atoms with van der Waals surface area (Å²) in [4.78, 5) is 13.6. The highest BCUT2D eigenvalue weighted by Crippen LogP contribution is 2.66. The van der Waals surface area contributed by atoms with Crippen LogP contribution in [0.5, 0.6) is 0 Å². The Labute approximate surface area is 205 Å². The number of hydrogen-bond donors (Lipinski definition) is 1. The van der Waals surface area contributed by atoms with Crippen LogP contribution in [0.4, 0.5) is 0 Å². The Bertz CT molecular complexity index is 945. The van der Waals surface area contributed by atoms with Gasteiger partial charge in [-0.2, -0.15) is 10.4 Å². The van der Waals surface area contributed by atoms with Crippen LogP contribution < -0.4 is 0 Å². The van der Waals surface area contributed by atoms with Gasteiger partial charge in [0.05, 0.1) is 23.9 Å². The van der Waals surface area contributed by atoms with Gasteiger partial charge in [-0.25, -0.2) is 0 Å². The number of nitrogens with zero attached hydrogens (tertiary/aromatic N) is 3. The number of aromatic nitrogens is 2. The lowest BCUT2D eigenvalue weighted by molar-refractivity contribution is -0.161. The fourth-order valence-corrected chi connectivity index (χ4v) is 9.55. The van der Waals surface area contributed by atoms with Gasteiger partial charge in [0.15, 0.2) is 5.78 Å². The van der Waals surface area contributed by atoms with Gasteiger partial charge < -0.3 is 5.11 Å². The molecule has 0 spiro atoms. The molecular formula is C29H43N3O2. The molecule has 9 atom stereocenters. The number of carbonyl (C=O) groups excluding carboxylic acids is 1. The van der Waals surface area contributed by atoms with Gasteiger partial charge in [-0.05, 0) is 106 Å². The van der Waals surface area contributed by atoms with Gasteiger partial charge in [0.1, 0.15) is 6.07 Å². The minimum Gasteiger partial charge on any atom is -0.390 e. The van der Waals surface area contributed by atoms with Crippen molar-refractivity contribution in [2.45, 2.75) is 104 Å². The Balaban J connectivity index is 1.40. The first-order chi connectivity index (χ1) is 16.3. The summed E-state index contributed by atoms with van der Waals surface area (Å²) in [7, 11) is 0. The summed E-state index contributed by atoms with van der Waals surface area (Å²) in [6.45, 7) is 7.20. The molecule has 0 saturated heterocycles. The summed E-state index contributed by atoms with van der Waals surface area (Å²) in [6, 6.07) is 2.12. The van der Waals surface area contributed by atoms with Gasteiger partial charge in [-0.3, -0.25) is 9.48 Å². The van der Waals surface area contributed by atoms with Crippen LogP contribution in [-0.4, -0.2) is 26.3 Å². The van der Waals surface area contributed by atoms with Crippen molar-refractivity contribution >= 4 is 5.78 Å². The molecule has 4 saturated carbocycles. The average molecular weight is 466 g/mol. The van der Waals surface area contributed by atoms with E-state index in [4.69, 9.17) is 5.26 Å². The predicted octanol–water partition coefficient (Wildman–Crippen LogP) is 5.76. The van der Waals surface area contributed by atoms with E-state index in [0.717, 1.165) is 37.5 Å². The molecule has 4 fully saturated rings. The summed E-state index contributed by atoms with van der Waals surface area (Å²) in [5.41, 5.74) is 0.420. The lowest BCUT2D eigenvalue weighted by atomic mass is 9.42. The second-order valence-corrected chi connectivity index (χ2v) is 12.7. The molecule has 1 N–H and O–H groups in total. The van der Waals surface area contributed by atoms with Gasteiger partial charge in [-0.15, -0.1) is 0 Å². The second kappa shape index (κ2) is 9.08. The van der Waals surface area contributed by atoms with E-state index in [-0.39, 0.29) is 5.92 Å². The first-order valence-corrected chi connectivity index (χ1v) is 14.0. The van der Waals surface area contributed by atoms with Gasteiger partial charge >= 0.3 is 0 Å². The smallest absolute Gasteiger partial charge is 0.157 e. The molecule has 5 nitrogen and oxygen atoms in total.